The molecule has 0 saturated heterocycles. The van der Waals surface area contributed by atoms with Gasteiger partial charge in [-0.05, 0) is 54.7 Å². The average Bonchev–Trinajstić information content (AvgIpc) is 2.68. The van der Waals surface area contributed by atoms with Crippen LogP contribution in [0.25, 0.3) is 11.1 Å². The summed E-state index contributed by atoms with van der Waals surface area (Å²) in [5.41, 5.74) is 6.88. The first-order valence-corrected chi connectivity index (χ1v) is 10.6. The van der Waals surface area contributed by atoms with Crippen molar-refractivity contribution in [3.63, 3.8) is 0 Å². The molecule has 0 aliphatic carbocycles. The Morgan fingerprint density at radius 3 is 2.11 bits per heavy atom. The van der Waals surface area contributed by atoms with Crippen LogP contribution in [0.3, 0.4) is 0 Å². The van der Waals surface area contributed by atoms with Gasteiger partial charge in [-0.3, -0.25) is 0 Å². The molecule has 0 aromatic heterocycles. The molecule has 0 N–H and O–H groups in total. The van der Waals surface area contributed by atoms with Crippen LogP contribution in [0.5, 0.6) is 0 Å². The summed E-state index contributed by atoms with van der Waals surface area (Å²) in [5.74, 6) is 0. The molecule has 0 unspecified atom stereocenters. The largest absolute Gasteiger partial charge is 0.243 e. The van der Waals surface area contributed by atoms with Gasteiger partial charge < -0.3 is 0 Å². The van der Waals surface area contributed by atoms with Crippen molar-refractivity contribution in [2.45, 2.75) is 31.7 Å². The van der Waals surface area contributed by atoms with E-state index in [1.165, 1.54) is 11.1 Å². The van der Waals surface area contributed by atoms with E-state index in [9.17, 15) is 8.42 Å². The van der Waals surface area contributed by atoms with Crippen LogP contribution in [0, 0.1) is 13.8 Å². The number of fused-ring (bicyclic) bond motifs is 1. The lowest BCUT2D eigenvalue weighted by atomic mass is 9.92. The van der Waals surface area contributed by atoms with E-state index in [-0.39, 0.29) is 0 Å². The third-order valence-electron chi connectivity index (χ3n) is 5.26. The van der Waals surface area contributed by atoms with Gasteiger partial charge in [0.1, 0.15) is 0 Å². The van der Waals surface area contributed by atoms with Crippen LogP contribution >= 0.6 is 0 Å². The summed E-state index contributed by atoms with van der Waals surface area (Å²) >= 11 is 0. The zero-order valence-corrected chi connectivity index (χ0v) is 16.5. The zero-order valence-electron chi connectivity index (χ0n) is 15.6. The van der Waals surface area contributed by atoms with Gasteiger partial charge in [-0.1, -0.05) is 65.7 Å². The predicted molar refractivity (Wildman–Crippen MR) is 109 cm³/mol. The van der Waals surface area contributed by atoms with Crippen LogP contribution in [0.15, 0.2) is 71.6 Å². The minimum atomic E-state index is -3.49. The lowest BCUT2D eigenvalue weighted by molar-refractivity contribution is 0.392. The summed E-state index contributed by atoms with van der Waals surface area (Å²) in [6.07, 6.45) is 0.736. The van der Waals surface area contributed by atoms with Crippen molar-refractivity contribution in [1.82, 2.24) is 4.31 Å². The molecule has 4 heteroatoms. The Morgan fingerprint density at radius 1 is 0.815 bits per heavy atom. The fourth-order valence-corrected chi connectivity index (χ4v) is 5.03. The number of aryl methyl sites for hydroxylation is 2. The van der Waals surface area contributed by atoms with Gasteiger partial charge in [0.25, 0.3) is 0 Å². The van der Waals surface area contributed by atoms with E-state index in [0.717, 1.165) is 28.7 Å². The zero-order chi connectivity index (χ0) is 19.0. The molecule has 1 aliphatic rings. The highest BCUT2D eigenvalue weighted by Gasteiger charge is 2.29. The summed E-state index contributed by atoms with van der Waals surface area (Å²) in [4.78, 5) is 0.365. The van der Waals surface area contributed by atoms with Crippen molar-refractivity contribution in [2.75, 3.05) is 6.54 Å². The van der Waals surface area contributed by atoms with E-state index in [1.54, 1.807) is 16.4 Å². The maximum absolute atomic E-state index is 13.1. The number of sulfonamides is 1. The second kappa shape index (κ2) is 6.95. The van der Waals surface area contributed by atoms with E-state index in [2.05, 4.69) is 49.4 Å². The Hall–Kier alpha value is -2.43. The topological polar surface area (TPSA) is 37.4 Å². The Bertz CT molecular complexity index is 1070. The second-order valence-corrected chi connectivity index (χ2v) is 9.15. The summed E-state index contributed by atoms with van der Waals surface area (Å²) in [6, 6.07) is 21.8. The molecule has 0 amide bonds. The third kappa shape index (κ3) is 3.43. The van der Waals surface area contributed by atoms with Gasteiger partial charge in [-0.15, -0.1) is 0 Å². The van der Waals surface area contributed by atoms with Crippen molar-refractivity contribution < 1.29 is 8.42 Å². The van der Waals surface area contributed by atoms with Crippen molar-refractivity contribution in [3.8, 4) is 11.1 Å². The van der Waals surface area contributed by atoms with Crippen molar-refractivity contribution in [3.05, 3.63) is 89.0 Å². The molecule has 0 radical (unpaired) electrons. The highest BCUT2D eigenvalue weighted by molar-refractivity contribution is 7.89. The van der Waals surface area contributed by atoms with E-state index >= 15 is 0 Å². The maximum atomic E-state index is 13.1. The second-order valence-electron chi connectivity index (χ2n) is 7.21. The normalized spacial score (nSPS) is 14.7. The Labute approximate surface area is 161 Å². The molecule has 0 atom stereocenters. The molecule has 4 rings (SSSR count). The van der Waals surface area contributed by atoms with Crippen molar-refractivity contribution in [1.29, 1.82) is 0 Å². The van der Waals surface area contributed by atoms with Crippen LogP contribution < -0.4 is 0 Å². The van der Waals surface area contributed by atoms with Gasteiger partial charge in [-0.2, -0.15) is 4.31 Å². The number of rotatable bonds is 3. The van der Waals surface area contributed by atoms with E-state index in [0.29, 0.717) is 18.0 Å². The molecule has 3 nitrogen and oxygen atoms in total. The van der Waals surface area contributed by atoms with E-state index in [4.69, 9.17) is 0 Å². The molecule has 0 fully saturated rings. The number of benzene rings is 3. The summed E-state index contributed by atoms with van der Waals surface area (Å²) in [6.45, 7) is 4.96. The summed E-state index contributed by atoms with van der Waals surface area (Å²) in [7, 11) is -3.49. The fourth-order valence-electron chi connectivity index (χ4n) is 3.62. The highest BCUT2D eigenvalue weighted by atomic mass is 32.2. The van der Waals surface area contributed by atoms with E-state index in [1.807, 2.05) is 19.1 Å². The molecule has 27 heavy (non-hydrogen) atoms. The predicted octanol–water partition coefficient (Wildman–Crippen LogP) is 4.72. The Balaban J connectivity index is 1.72. The van der Waals surface area contributed by atoms with Crippen LogP contribution in [0.1, 0.15) is 22.3 Å². The minimum Gasteiger partial charge on any atom is -0.207 e. The number of nitrogens with zero attached hydrogens (tertiary/aromatic N) is 1. The van der Waals surface area contributed by atoms with Crippen LogP contribution in [0.4, 0.5) is 0 Å². The molecule has 0 spiro atoms. The monoisotopic (exact) mass is 377 g/mol. The number of hydrogen-bond donors (Lipinski definition) is 0. The van der Waals surface area contributed by atoms with Gasteiger partial charge in [0.05, 0.1) is 4.90 Å². The molecular formula is C23H23NO2S. The summed E-state index contributed by atoms with van der Waals surface area (Å²) in [5, 5.41) is 0. The first kappa shape index (κ1) is 18.0. The van der Waals surface area contributed by atoms with Crippen molar-refractivity contribution >= 4 is 10.0 Å². The van der Waals surface area contributed by atoms with Crippen molar-refractivity contribution in [2.24, 2.45) is 0 Å². The molecule has 3 aromatic carbocycles. The molecule has 3 aromatic rings. The van der Waals surface area contributed by atoms with Gasteiger partial charge >= 0.3 is 0 Å². The van der Waals surface area contributed by atoms with Gasteiger partial charge in [0.15, 0.2) is 0 Å². The average molecular weight is 378 g/mol. The third-order valence-corrected chi connectivity index (χ3v) is 7.12. The molecule has 0 saturated carbocycles. The standard InChI is InChI=1S/C23H23NO2S/c1-17-6-10-20(11-7-17)22-5-3-4-19-14-15-24(16-23(19)22)27(25,26)21-12-8-18(2)9-13-21/h3-13H,14-16H2,1-2H3. The quantitative estimate of drug-likeness (QED) is 0.662. The summed E-state index contributed by atoms with van der Waals surface area (Å²) < 4.78 is 27.9. The van der Waals surface area contributed by atoms with E-state index < -0.39 is 10.0 Å². The maximum Gasteiger partial charge on any atom is 0.243 e. The SMILES string of the molecule is Cc1ccc(-c2cccc3c2CN(S(=O)(=O)c2ccc(C)cc2)CC3)cc1. The Kier molecular flexibility index (Phi) is 4.62. The Morgan fingerprint density at radius 2 is 1.44 bits per heavy atom. The first-order chi connectivity index (χ1) is 12.9. The van der Waals surface area contributed by atoms with Crippen LogP contribution in [0.2, 0.25) is 0 Å². The highest BCUT2D eigenvalue weighted by Crippen LogP contribution is 2.32. The molecular weight excluding hydrogens is 354 g/mol. The van der Waals surface area contributed by atoms with Gasteiger partial charge in [0, 0.05) is 13.1 Å². The lowest BCUT2D eigenvalue weighted by Crippen LogP contribution is -2.36. The van der Waals surface area contributed by atoms with Gasteiger partial charge in [-0.25, -0.2) is 8.42 Å². The molecule has 1 heterocycles. The minimum absolute atomic E-state index is 0.365. The fraction of sp³-hybridized carbons (Fsp3) is 0.217. The van der Waals surface area contributed by atoms with Crippen LogP contribution in [-0.4, -0.2) is 19.3 Å². The lowest BCUT2D eigenvalue weighted by Gasteiger charge is -2.30. The molecule has 1 aliphatic heterocycles. The molecule has 0 bridgehead atoms. The first-order valence-electron chi connectivity index (χ1n) is 9.20. The van der Waals surface area contributed by atoms with Gasteiger partial charge in [0.2, 0.25) is 10.0 Å². The number of hydrogen-bond acceptors (Lipinski definition) is 2. The van der Waals surface area contributed by atoms with Crippen LogP contribution in [-0.2, 0) is 23.0 Å². The molecule has 138 valence electrons. The smallest absolute Gasteiger partial charge is 0.207 e.